The highest BCUT2D eigenvalue weighted by Gasteiger charge is 2.12. The Hall–Kier alpha value is -1.68. The van der Waals surface area contributed by atoms with Crippen LogP contribution in [0.5, 0.6) is 5.75 Å². The average Bonchev–Trinajstić information content (AvgIpc) is 2.18. The molecule has 0 aliphatic rings. The Morgan fingerprint density at radius 3 is 2.87 bits per heavy atom. The summed E-state index contributed by atoms with van der Waals surface area (Å²) in [5, 5.41) is 12.3. The second kappa shape index (κ2) is 4.70. The lowest BCUT2D eigenvalue weighted by atomic mass is 10.1. The number of phenolic OH excluding ortho intramolecular Hbond substituents is 1. The molecule has 0 saturated carbocycles. The van der Waals surface area contributed by atoms with Gasteiger partial charge in [-0.25, -0.2) is 0 Å². The van der Waals surface area contributed by atoms with Crippen LogP contribution in [0, 0.1) is 0 Å². The fourth-order valence-corrected chi connectivity index (χ4v) is 1.08. The average molecular weight is 227 g/mol. The number of hydrogen-bond donors (Lipinski definition) is 3. The lowest BCUT2D eigenvalue weighted by Crippen LogP contribution is -2.24. The predicted octanol–water partition coefficient (Wildman–Crippen LogP) is 1.46. The van der Waals surface area contributed by atoms with Gasteiger partial charge in [0.15, 0.2) is 5.75 Å². The van der Waals surface area contributed by atoms with Crippen molar-refractivity contribution in [2.24, 2.45) is 0 Å². The van der Waals surface area contributed by atoms with Gasteiger partial charge >= 0.3 is 0 Å². The van der Waals surface area contributed by atoms with Crippen LogP contribution < -0.4 is 11.1 Å². The summed E-state index contributed by atoms with van der Waals surface area (Å²) in [5.74, 6) is -0.670. The number of carbonyl (C=O) groups is 1. The standard InChI is InChI=1S/C10H11ClN2O2/c1-6(11)5-13-10(15)7-3-2-4-8(12)9(7)14/h2-4,14H,1,5,12H2,(H,13,15). The molecule has 0 fully saturated rings. The molecule has 0 atom stereocenters. The lowest BCUT2D eigenvalue weighted by molar-refractivity contribution is 0.0955. The van der Waals surface area contributed by atoms with E-state index in [2.05, 4.69) is 11.9 Å². The number of nitrogens with one attached hydrogen (secondary N) is 1. The van der Waals surface area contributed by atoms with Crippen molar-refractivity contribution in [1.82, 2.24) is 5.32 Å². The van der Waals surface area contributed by atoms with Crippen LogP contribution in [0.25, 0.3) is 0 Å². The minimum atomic E-state index is -0.443. The van der Waals surface area contributed by atoms with E-state index in [9.17, 15) is 9.90 Å². The summed E-state index contributed by atoms with van der Waals surface area (Å²) in [6, 6.07) is 4.56. The Kier molecular flexibility index (Phi) is 3.57. The number of halogens is 1. The second-order valence-corrected chi connectivity index (χ2v) is 3.48. The smallest absolute Gasteiger partial charge is 0.255 e. The van der Waals surface area contributed by atoms with E-state index in [1.807, 2.05) is 0 Å². The second-order valence-electron chi connectivity index (χ2n) is 2.94. The van der Waals surface area contributed by atoms with Crippen LogP contribution in [-0.2, 0) is 0 Å². The predicted molar refractivity (Wildman–Crippen MR) is 59.8 cm³/mol. The summed E-state index contributed by atoms with van der Waals surface area (Å²) in [4.78, 5) is 11.5. The molecule has 4 N–H and O–H groups in total. The molecule has 1 rings (SSSR count). The van der Waals surface area contributed by atoms with Crippen molar-refractivity contribution in [2.45, 2.75) is 0 Å². The first-order chi connectivity index (χ1) is 7.02. The summed E-state index contributed by atoms with van der Waals surface area (Å²) in [6.45, 7) is 3.57. The molecule has 0 aromatic heterocycles. The van der Waals surface area contributed by atoms with Gasteiger partial charge in [-0.05, 0) is 12.1 Å². The molecule has 15 heavy (non-hydrogen) atoms. The van der Waals surface area contributed by atoms with Crippen LogP contribution in [0.4, 0.5) is 5.69 Å². The fraction of sp³-hybridized carbons (Fsp3) is 0.100. The number of benzene rings is 1. The number of amides is 1. The van der Waals surface area contributed by atoms with E-state index < -0.39 is 5.91 Å². The van der Waals surface area contributed by atoms with E-state index in [-0.39, 0.29) is 23.5 Å². The number of anilines is 1. The molecule has 0 radical (unpaired) electrons. The van der Waals surface area contributed by atoms with Gasteiger partial charge < -0.3 is 16.2 Å². The third-order valence-electron chi connectivity index (χ3n) is 1.75. The third kappa shape index (κ3) is 2.89. The highest BCUT2D eigenvalue weighted by atomic mass is 35.5. The van der Waals surface area contributed by atoms with E-state index in [1.165, 1.54) is 12.1 Å². The Balaban J connectivity index is 2.82. The summed E-state index contributed by atoms with van der Waals surface area (Å²) in [5.41, 5.74) is 5.72. The van der Waals surface area contributed by atoms with E-state index in [0.717, 1.165) is 0 Å². The van der Waals surface area contributed by atoms with Gasteiger partial charge in [0.05, 0.1) is 17.8 Å². The zero-order valence-corrected chi connectivity index (χ0v) is 8.71. The molecule has 1 aromatic carbocycles. The summed E-state index contributed by atoms with van der Waals surface area (Å²) < 4.78 is 0. The van der Waals surface area contributed by atoms with Crippen LogP contribution in [0.15, 0.2) is 29.8 Å². The first-order valence-corrected chi connectivity index (χ1v) is 4.59. The van der Waals surface area contributed by atoms with E-state index in [1.54, 1.807) is 6.07 Å². The minimum Gasteiger partial charge on any atom is -0.505 e. The molecule has 0 unspecified atom stereocenters. The van der Waals surface area contributed by atoms with Crippen molar-refractivity contribution in [1.29, 1.82) is 0 Å². The number of aromatic hydroxyl groups is 1. The number of nitrogen functional groups attached to an aromatic ring is 1. The van der Waals surface area contributed by atoms with Crippen LogP contribution in [0.2, 0.25) is 0 Å². The van der Waals surface area contributed by atoms with Crippen LogP contribution in [0.1, 0.15) is 10.4 Å². The molecule has 0 heterocycles. The van der Waals surface area contributed by atoms with Crippen molar-refractivity contribution in [2.75, 3.05) is 12.3 Å². The maximum atomic E-state index is 11.5. The largest absolute Gasteiger partial charge is 0.505 e. The van der Waals surface area contributed by atoms with Crippen LogP contribution in [-0.4, -0.2) is 17.6 Å². The number of hydrogen-bond acceptors (Lipinski definition) is 3. The van der Waals surface area contributed by atoms with Crippen molar-refractivity contribution < 1.29 is 9.90 Å². The van der Waals surface area contributed by atoms with E-state index >= 15 is 0 Å². The highest BCUT2D eigenvalue weighted by Crippen LogP contribution is 2.23. The number of carbonyl (C=O) groups excluding carboxylic acids is 1. The maximum Gasteiger partial charge on any atom is 0.255 e. The van der Waals surface area contributed by atoms with Gasteiger partial charge in [-0.15, -0.1) is 0 Å². The lowest BCUT2D eigenvalue weighted by Gasteiger charge is -2.07. The maximum absolute atomic E-state index is 11.5. The van der Waals surface area contributed by atoms with Crippen LogP contribution in [0.3, 0.4) is 0 Å². The zero-order valence-electron chi connectivity index (χ0n) is 7.96. The minimum absolute atomic E-state index is 0.118. The Morgan fingerprint density at radius 2 is 2.27 bits per heavy atom. The van der Waals surface area contributed by atoms with Crippen molar-refractivity contribution >= 4 is 23.2 Å². The highest BCUT2D eigenvalue weighted by molar-refractivity contribution is 6.29. The van der Waals surface area contributed by atoms with Gasteiger partial charge in [0.1, 0.15) is 0 Å². The van der Waals surface area contributed by atoms with Crippen molar-refractivity contribution in [3.8, 4) is 5.75 Å². The van der Waals surface area contributed by atoms with E-state index in [4.69, 9.17) is 17.3 Å². The molecule has 0 saturated heterocycles. The van der Waals surface area contributed by atoms with Gasteiger partial charge in [-0.1, -0.05) is 24.2 Å². The zero-order chi connectivity index (χ0) is 11.4. The SMILES string of the molecule is C=C(Cl)CNC(=O)c1cccc(N)c1O. The Labute approximate surface area is 92.4 Å². The van der Waals surface area contributed by atoms with Gasteiger partial charge in [0.2, 0.25) is 0 Å². The summed E-state index contributed by atoms with van der Waals surface area (Å²) in [6.07, 6.45) is 0. The molecule has 80 valence electrons. The monoisotopic (exact) mass is 226 g/mol. The molecule has 4 nitrogen and oxygen atoms in total. The fourth-order valence-electron chi connectivity index (χ4n) is 1.02. The molecule has 5 heteroatoms. The van der Waals surface area contributed by atoms with Gasteiger partial charge in [0, 0.05) is 5.03 Å². The number of rotatable bonds is 3. The van der Waals surface area contributed by atoms with Gasteiger partial charge in [0.25, 0.3) is 5.91 Å². The number of phenols is 1. The molecule has 1 amide bonds. The molecule has 0 aliphatic heterocycles. The molecule has 0 bridgehead atoms. The van der Waals surface area contributed by atoms with Crippen molar-refractivity contribution in [3.63, 3.8) is 0 Å². The normalized spacial score (nSPS) is 9.67. The molecular weight excluding hydrogens is 216 g/mol. The first-order valence-electron chi connectivity index (χ1n) is 4.21. The molecule has 0 aliphatic carbocycles. The number of nitrogens with two attached hydrogens (primary N) is 1. The first kappa shape index (κ1) is 11.4. The van der Waals surface area contributed by atoms with E-state index in [0.29, 0.717) is 5.03 Å². The summed E-state index contributed by atoms with van der Waals surface area (Å²) >= 11 is 5.48. The molecular formula is C10H11ClN2O2. The Morgan fingerprint density at radius 1 is 1.60 bits per heavy atom. The molecule has 0 spiro atoms. The molecule has 1 aromatic rings. The number of para-hydroxylation sites is 1. The topological polar surface area (TPSA) is 75.4 Å². The summed E-state index contributed by atoms with van der Waals surface area (Å²) in [7, 11) is 0. The quantitative estimate of drug-likeness (QED) is 0.540. The Bertz CT molecular complexity index is 404. The van der Waals surface area contributed by atoms with Gasteiger partial charge in [-0.3, -0.25) is 4.79 Å². The third-order valence-corrected chi connectivity index (χ3v) is 1.89. The van der Waals surface area contributed by atoms with Gasteiger partial charge in [-0.2, -0.15) is 0 Å². The van der Waals surface area contributed by atoms with Crippen molar-refractivity contribution in [3.05, 3.63) is 35.4 Å². The van der Waals surface area contributed by atoms with Crippen LogP contribution >= 0.6 is 11.6 Å².